The lowest BCUT2D eigenvalue weighted by molar-refractivity contribution is 0.00693. The maximum absolute atomic E-state index is 12.0. The van der Waals surface area contributed by atoms with Crippen molar-refractivity contribution in [2.24, 2.45) is 5.92 Å². The van der Waals surface area contributed by atoms with Gasteiger partial charge in [0.2, 0.25) is 0 Å². The summed E-state index contributed by atoms with van der Waals surface area (Å²) in [5.41, 5.74) is 1.51. The molecule has 0 spiro atoms. The van der Waals surface area contributed by atoms with Gasteiger partial charge in [0.1, 0.15) is 5.60 Å². The van der Waals surface area contributed by atoms with Gasteiger partial charge in [-0.15, -0.1) is 0 Å². The summed E-state index contributed by atoms with van der Waals surface area (Å²) in [6.07, 6.45) is 2.53. The van der Waals surface area contributed by atoms with Gasteiger partial charge in [0.25, 0.3) is 0 Å². The topological polar surface area (TPSA) is 26.3 Å². The molecule has 0 saturated heterocycles. The molecule has 1 aromatic carbocycles. The Morgan fingerprint density at radius 3 is 2.50 bits per heavy atom. The van der Waals surface area contributed by atoms with Crippen LogP contribution in [0.1, 0.15) is 62.4 Å². The third-order valence-corrected chi connectivity index (χ3v) is 3.57. The van der Waals surface area contributed by atoms with Gasteiger partial charge in [-0.05, 0) is 63.1 Å². The number of hydrogen-bond donors (Lipinski definition) is 0. The van der Waals surface area contributed by atoms with Gasteiger partial charge in [0.15, 0.2) is 0 Å². The van der Waals surface area contributed by atoms with E-state index in [-0.39, 0.29) is 5.97 Å². The summed E-state index contributed by atoms with van der Waals surface area (Å²) in [4.78, 5) is 12.0. The van der Waals surface area contributed by atoms with E-state index in [2.05, 4.69) is 13.0 Å². The molecule has 2 heteroatoms. The average molecular weight is 246 g/mol. The normalized spacial score (nSPS) is 23.3. The fourth-order valence-electron chi connectivity index (χ4n) is 2.40. The van der Waals surface area contributed by atoms with Crippen LogP contribution in [0.5, 0.6) is 0 Å². The summed E-state index contributed by atoms with van der Waals surface area (Å²) in [5, 5.41) is 0. The molecule has 0 radical (unpaired) electrons. The highest BCUT2D eigenvalue weighted by Crippen LogP contribution is 2.42. The first-order valence-electron chi connectivity index (χ1n) is 6.70. The Hall–Kier alpha value is -1.31. The Kier molecular flexibility index (Phi) is 3.47. The first-order chi connectivity index (χ1) is 8.37. The Labute approximate surface area is 109 Å². The first-order valence-corrected chi connectivity index (χ1v) is 6.70. The molecule has 18 heavy (non-hydrogen) atoms. The Balaban J connectivity index is 2.14. The molecule has 1 aromatic rings. The second-order valence-corrected chi connectivity index (χ2v) is 6.29. The summed E-state index contributed by atoms with van der Waals surface area (Å²) in [7, 11) is 0. The predicted octanol–water partition coefficient (Wildman–Crippen LogP) is 4.16. The van der Waals surface area contributed by atoms with E-state index < -0.39 is 5.60 Å². The number of benzene rings is 1. The molecule has 2 nitrogen and oxygen atoms in total. The molecule has 98 valence electrons. The van der Waals surface area contributed by atoms with Crippen molar-refractivity contribution in [1.82, 2.24) is 0 Å². The van der Waals surface area contributed by atoms with E-state index in [0.717, 1.165) is 5.92 Å². The van der Waals surface area contributed by atoms with Crippen molar-refractivity contribution >= 4 is 5.97 Å². The van der Waals surface area contributed by atoms with Gasteiger partial charge in [-0.3, -0.25) is 0 Å². The number of rotatable bonds is 2. The van der Waals surface area contributed by atoms with E-state index >= 15 is 0 Å². The third-order valence-electron chi connectivity index (χ3n) is 3.57. The fourth-order valence-corrected chi connectivity index (χ4v) is 2.40. The summed E-state index contributed by atoms with van der Waals surface area (Å²) in [5.74, 6) is 1.13. The molecule has 2 atom stereocenters. The summed E-state index contributed by atoms with van der Waals surface area (Å²) in [6, 6.07) is 7.91. The van der Waals surface area contributed by atoms with E-state index in [1.807, 2.05) is 39.0 Å². The van der Waals surface area contributed by atoms with Crippen LogP contribution >= 0.6 is 0 Å². The van der Waals surface area contributed by atoms with Crippen LogP contribution in [0.25, 0.3) is 0 Å². The van der Waals surface area contributed by atoms with Crippen LogP contribution in [0.15, 0.2) is 24.3 Å². The predicted molar refractivity (Wildman–Crippen MR) is 72.7 cm³/mol. The maximum atomic E-state index is 12.0. The fraction of sp³-hybridized carbons (Fsp3) is 0.562. The lowest BCUT2D eigenvalue weighted by Crippen LogP contribution is -2.24. The van der Waals surface area contributed by atoms with Gasteiger partial charge in [-0.2, -0.15) is 0 Å². The van der Waals surface area contributed by atoms with E-state index in [1.54, 1.807) is 0 Å². The van der Waals surface area contributed by atoms with Crippen LogP contribution in [-0.2, 0) is 4.74 Å². The molecule has 1 aliphatic rings. The van der Waals surface area contributed by atoms with E-state index in [0.29, 0.717) is 11.5 Å². The van der Waals surface area contributed by atoms with Gasteiger partial charge in [0.05, 0.1) is 5.56 Å². The zero-order valence-corrected chi connectivity index (χ0v) is 11.7. The van der Waals surface area contributed by atoms with Crippen LogP contribution in [0.4, 0.5) is 0 Å². The second kappa shape index (κ2) is 4.75. The Morgan fingerprint density at radius 1 is 1.28 bits per heavy atom. The van der Waals surface area contributed by atoms with Crippen molar-refractivity contribution in [3.05, 3.63) is 35.4 Å². The summed E-state index contributed by atoms with van der Waals surface area (Å²) >= 11 is 0. The summed E-state index contributed by atoms with van der Waals surface area (Å²) < 4.78 is 5.40. The van der Waals surface area contributed by atoms with Crippen molar-refractivity contribution in [1.29, 1.82) is 0 Å². The lowest BCUT2D eigenvalue weighted by Gasteiger charge is -2.34. The molecule has 0 bridgehead atoms. The molecule has 0 amide bonds. The molecule has 2 rings (SSSR count). The molecular weight excluding hydrogens is 224 g/mol. The molecule has 1 saturated carbocycles. The lowest BCUT2D eigenvalue weighted by atomic mass is 9.71. The first kappa shape index (κ1) is 13.1. The van der Waals surface area contributed by atoms with Crippen LogP contribution in [-0.4, -0.2) is 11.6 Å². The van der Waals surface area contributed by atoms with Crippen LogP contribution in [0, 0.1) is 5.92 Å². The number of carbonyl (C=O) groups excluding carboxylic acids is 1. The Bertz CT molecular complexity index is 443. The summed E-state index contributed by atoms with van der Waals surface area (Å²) in [6.45, 7) is 7.95. The van der Waals surface area contributed by atoms with Crippen LogP contribution in [0.3, 0.4) is 0 Å². The maximum Gasteiger partial charge on any atom is 0.338 e. The van der Waals surface area contributed by atoms with Gasteiger partial charge >= 0.3 is 5.97 Å². The zero-order valence-electron chi connectivity index (χ0n) is 11.7. The molecular formula is C16H22O2. The zero-order chi connectivity index (χ0) is 13.3. The molecule has 1 fully saturated rings. The highest BCUT2D eigenvalue weighted by Gasteiger charge is 2.28. The Morgan fingerprint density at radius 2 is 2.00 bits per heavy atom. The van der Waals surface area contributed by atoms with Gasteiger partial charge in [0, 0.05) is 0 Å². The minimum absolute atomic E-state index is 0.226. The van der Waals surface area contributed by atoms with Crippen molar-refractivity contribution in [2.45, 2.75) is 52.1 Å². The van der Waals surface area contributed by atoms with Crippen molar-refractivity contribution < 1.29 is 9.53 Å². The largest absolute Gasteiger partial charge is 0.456 e. The number of hydrogen-bond acceptors (Lipinski definition) is 2. The number of ether oxygens (including phenoxy) is 1. The van der Waals surface area contributed by atoms with Gasteiger partial charge in [-0.1, -0.05) is 19.1 Å². The van der Waals surface area contributed by atoms with Crippen molar-refractivity contribution in [2.75, 3.05) is 0 Å². The number of carbonyl (C=O) groups is 1. The smallest absolute Gasteiger partial charge is 0.338 e. The van der Waals surface area contributed by atoms with E-state index in [1.165, 1.54) is 18.4 Å². The van der Waals surface area contributed by atoms with Gasteiger partial charge < -0.3 is 4.74 Å². The molecule has 0 N–H and O–H groups in total. The van der Waals surface area contributed by atoms with E-state index in [4.69, 9.17) is 4.74 Å². The second-order valence-electron chi connectivity index (χ2n) is 6.29. The quantitative estimate of drug-likeness (QED) is 0.732. The highest BCUT2D eigenvalue weighted by molar-refractivity contribution is 5.89. The minimum Gasteiger partial charge on any atom is -0.456 e. The molecule has 0 aliphatic heterocycles. The SMILES string of the molecule is CC1CCC1c1cccc(C(=O)OC(C)(C)C)c1. The highest BCUT2D eigenvalue weighted by atomic mass is 16.6. The third kappa shape index (κ3) is 2.92. The average Bonchev–Trinajstić information content (AvgIpc) is 2.25. The monoisotopic (exact) mass is 246 g/mol. The number of esters is 1. The molecule has 0 heterocycles. The molecule has 2 unspecified atom stereocenters. The van der Waals surface area contributed by atoms with E-state index in [9.17, 15) is 4.79 Å². The van der Waals surface area contributed by atoms with Gasteiger partial charge in [-0.25, -0.2) is 4.79 Å². The van der Waals surface area contributed by atoms with Crippen molar-refractivity contribution in [3.8, 4) is 0 Å². The minimum atomic E-state index is -0.434. The van der Waals surface area contributed by atoms with Crippen LogP contribution < -0.4 is 0 Å². The molecule has 1 aliphatic carbocycles. The standard InChI is InChI=1S/C16H22O2/c1-11-8-9-14(11)12-6-5-7-13(10-12)15(17)18-16(2,3)4/h5-7,10-11,14H,8-9H2,1-4H3. The van der Waals surface area contributed by atoms with Crippen molar-refractivity contribution in [3.63, 3.8) is 0 Å². The van der Waals surface area contributed by atoms with Crippen LogP contribution in [0.2, 0.25) is 0 Å². The molecule has 0 aromatic heterocycles.